The summed E-state index contributed by atoms with van der Waals surface area (Å²) in [4.78, 5) is 38.3. The minimum absolute atomic E-state index is 0.0484. The van der Waals surface area contributed by atoms with Crippen LogP contribution in [0.1, 0.15) is 12.5 Å². The van der Waals surface area contributed by atoms with Crippen molar-refractivity contribution in [1.82, 2.24) is 19.4 Å². The number of halogens is 2. The number of fused-ring (bicyclic) bond motifs is 2. The second-order valence-corrected chi connectivity index (χ2v) is 10.4. The van der Waals surface area contributed by atoms with Crippen molar-refractivity contribution >= 4 is 33.5 Å². The fourth-order valence-corrected chi connectivity index (χ4v) is 5.57. The molecular formula is C32H27F2N5O3. The van der Waals surface area contributed by atoms with Gasteiger partial charge in [0.2, 0.25) is 5.91 Å². The van der Waals surface area contributed by atoms with Gasteiger partial charge in [0.1, 0.15) is 23.1 Å². The van der Waals surface area contributed by atoms with Crippen molar-refractivity contribution < 1.29 is 18.7 Å². The minimum Gasteiger partial charge on any atom is -0.507 e. The van der Waals surface area contributed by atoms with Gasteiger partial charge in [0.25, 0.3) is 0 Å². The lowest BCUT2D eigenvalue weighted by molar-refractivity contribution is -0.126. The second-order valence-electron chi connectivity index (χ2n) is 10.4. The van der Waals surface area contributed by atoms with Crippen LogP contribution >= 0.6 is 0 Å². The van der Waals surface area contributed by atoms with E-state index in [2.05, 4.69) is 16.5 Å². The van der Waals surface area contributed by atoms with E-state index in [1.54, 1.807) is 11.0 Å². The molecule has 1 atom stereocenters. The summed E-state index contributed by atoms with van der Waals surface area (Å²) in [5.74, 6) is -2.23. The van der Waals surface area contributed by atoms with E-state index < -0.39 is 34.3 Å². The molecule has 5 aromatic rings. The summed E-state index contributed by atoms with van der Waals surface area (Å²) in [7, 11) is 0. The number of nitrogens with zero attached hydrogens (tertiary/aromatic N) is 5. The molecule has 212 valence electrons. The van der Waals surface area contributed by atoms with Crippen LogP contribution < -0.4 is 10.6 Å². The molecule has 0 aliphatic carbocycles. The Labute approximate surface area is 239 Å². The quantitative estimate of drug-likeness (QED) is 0.304. The highest BCUT2D eigenvalue weighted by molar-refractivity contribution is 5.92. The minimum atomic E-state index is -0.891. The fraction of sp³-hybridized carbons (Fsp3) is 0.188. The van der Waals surface area contributed by atoms with Gasteiger partial charge in [0.15, 0.2) is 11.5 Å². The fourth-order valence-electron chi connectivity index (χ4n) is 5.57. The highest BCUT2D eigenvalue weighted by Gasteiger charge is 2.30. The maximum atomic E-state index is 15.8. The Morgan fingerprint density at radius 2 is 1.79 bits per heavy atom. The Hall–Kier alpha value is -5.12. The number of piperazine rings is 1. The molecule has 3 aromatic carbocycles. The summed E-state index contributed by atoms with van der Waals surface area (Å²) in [6, 6.07) is 15.9. The monoisotopic (exact) mass is 567 g/mol. The number of hydrogen-bond acceptors (Lipinski definition) is 6. The molecule has 1 N–H and O–H groups in total. The molecule has 1 aliphatic rings. The van der Waals surface area contributed by atoms with Crippen LogP contribution in [-0.2, 0) is 4.79 Å². The molecular weight excluding hydrogens is 540 g/mol. The van der Waals surface area contributed by atoms with Gasteiger partial charge in [-0.05, 0) is 61.0 Å². The van der Waals surface area contributed by atoms with E-state index in [0.717, 1.165) is 22.4 Å². The number of phenols is 1. The Bertz CT molecular complexity index is 1950. The maximum Gasteiger partial charge on any atom is 0.355 e. The number of pyridine rings is 1. The first-order chi connectivity index (χ1) is 20.2. The Morgan fingerprint density at radius 3 is 2.52 bits per heavy atom. The van der Waals surface area contributed by atoms with E-state index in [9.17, 15) is 19.1 Å². The zero-order valence-corrected chi connectivity index (χ0v) is 23.0. The number of anilines is 1. The van der Waals surface area contributed by atoms with Crippen molar-refractivity contribution in [1.29, 1.82) is 0 Å². The van der Waals surface area contributed by atoms with Gasteiger partial charge in [-0.15, -0.1) is 0 Å². The molecule has 0 radical (unpaired) electrons. The summed E-state index contributed by atoms with van der Waals surface area (Å²) in [6.07, 6.45) is 1.25. The van der Waals surface area contributed by atoms with Crippen LogP contribution in [0.15, 0.2) is 78.1 Å². The molecule has 1 fully saturated rings. The van der Waals surface area contributed by atoms with Gasteiger partial charge in [0.05, 0.1) is 16.6 Å². The van der Waals surface area contributed by atoms with Gasteiger partial charge in [-0.25, -0.2) is 23.1 Å². The van der Waals surface area contributed by atoms with E-state index in [1.807, 2.05) is 49.1 Å². The molecule has 0 spiro atoms. The van der Waals surface area contributed by atoms with Crippen molar-refractivity contribution in [3.8, 4) is 22.7 Å². The SMILES string of the molecule is C=CC(=O)N1CCN(c2nc(=O)n(-c3ccc4cc(C)ccc4c3)c3nc(-c4c(O)cccc4F)c(F)cc23)[C@@H](C)C1. The highest BCUT2D eigenvalue weighted by Crippen LogP contribution is 2.36. The van der Waals surface area contributed by atoms with E-state index in [-0.39, 0.29) is 28.8 Å². The molecule has 3 heterocycles. The third-order valence-electron chi connectivity index (χ3n) is 7.65. The first-order valence-corrected chi connectivity index (χ1v) is 13.5. The molecule has 42 heavy (non-hydrogen) atoms. The van der Waals surface area contributed by atoms with Gasteiger partial charge < -0.3 is 14.9 Å². The van der Waals surface area contributed by atoms with Crippen molar-refractivity contribution in [3.63, 3.8) is 0 Å². The third kappa shape index (κ3) is 4.54. The Morgan fingerprint density at radius 1 is 1.02 bits per heavy atom. The number of carbonyl (C=O) groups excluding carboxylic acids is 1. The number of benzene rings is 3. The van der Waals surface area contributed by atoms with Crippen LogP contribution in [0.25, 0.3) is 38.8 Å². The molecule has 0 unspecified atom stereocenters. The summed E-state index contributed by atoms with van der Waals surface area (Å²) in [5.41, 5.74) is 0.0651. The Kier molecular flexibility index (Phi) is 6.68. The van der Waals surface area contributed by atoms with E-state index in [1.165, 1.54) is 28.8 Å². The lowest BCUT2D eigenvalue weighted by Crippen LogP contribution is -2.54. The number of aromatic hydroxyl groups is 1. The average molecular weight is 568 g/mol. The van der Waals surface area contributed by atoms with Gasteiger partial charge in [-0.1, -0.05) is 42.5 Å². The standard InChI is InChI=1S/C32H27F2N5O3/c1-4-27(41)37-12-13-38(19(3)17-37)30-23-16-25(34)29(28-24(33)6-5-7-26(28)40)35-31(23)39(32(42)36-30)22-11-10-20-14-18(2)8-9-21(20)15-22/h4-11,14-16,19,40H,1,12-13,17H2,2-3H3/t19-/m0/s1. The van der Waals surface area contributed by atoms with Crippen LogP contribution in [-0.4, -0.2) is 56.1 Å². The lowest BCUT2D eigenvalue weighted by atomic mass is 10.1. The number of rotatable bonds is 4. The number of aromatic nitrogens is 3. The molecule has 1 aliphatic heterocycles. The van der Waals surface area contributed by atoms with E-state index in [0.29, 0.717) is 25.3 Å². The van der Waals surface area contributed by atoms with E-state index in [4.69, 9.17) is 0 Å². The van der Waals surface area contributed by atoms with Crippen molar-refractivity contribution in [2.24, 2.45) is 0 Å². The number of amides is 1. The van der Waals surface area contributed by atoms with Crippen LogP contribution in [0.5, 0.6) is 5.75 Å². The van der Waals surface area contributed by atoms with Crippen molar-refractivity contribution in [2.45, 2.75) is 19.9 Å². The van der Waals surface area contributed by atoms with Gasteiger partial charge in [-0.2, -0.15) is 4.98 Å². The predicted molar refractivity (Wildman–Crippen MR) is 158 cm³/mol. The predicted octanol–water partition coefficient (Wildman–Crippen LogP) is 5.12. The molecule has 0 bridgehead atoms. The molecule has 8 nitrogen and oxygen atoms in total. The maximum absolute atomic E-state index is 15.8. The summed E-state index contributed by atoms with van der Waals surface area (Å²) >= 11 is 0. The number of phenolic OH excluding ortho intramolecular Hbond substituents is 1. The molecule has 1 amide bonds. The topological polar surface area (TPSA) is 91.6 Å². The first-order valence-electron chi connectivity index (χ1n) is 13.5. The van der Waals surface area contributed by atoms with Crippen molar-refractivity contribution in [2.75, 3.05) is 24.5 Å². The third-order valence-corrected chi connectivity index (χ3v) is 7.65. The zero-order valence-electron chi connectivity index (χ0n) is 23.0. The Balaban J connectivity index is 1.61. The first kappa shape index (κ1) is 27.1. The molecule has 6 rings (SSSR count). The molecule has 10 heteroatoms. The lowest BCUT2D eigenvalue weighted by Gasteiger charge is -2.40. The van der Waals surface area contributed by atoms with Gasteiger partial charge >= 0.3 is 5.69 Å². The van der Waals surface area contributed by atoms with Crippen LogP contribution in [0, 0.1) is 18.6 Å². The highest BCUT2D eigenvalue weighted by atomic mass is 19.1. The molecule has 2 aromatic heterocycles. The zero-order chi connectivity index (χ0) is 29.7. The summed E-state index contributed by atoms with van der Waals surface area (Å²) in [6.45, 7) is 8.44. The van der Waals surface area contributed by atoms with Crippen LogP contribution in [0.4, 0.5) is 14.6 Å². The van der Waals surface area contributed by atoms with Gasteiger partial charge in [0, 0.05) is 25.7 Å². The van der Waals surface area contributed by atoms with Crippen LogP contribution in [0.2, 0.25) is 0 Å². The molecule has 1 saturated heterocycles. The second kappa shape index (κ2) is 10.4. The summed E-state index contributed by atoms with van der Waals surface area (Å²) in [5, 5.41) is 12.5. The van der Waals surface area contributed by atoms with E-state index >= 15 is 4.39 Å². The molecule has 0 saturated carbocycles. The van der Waals surface area contributed by atoms with Crippen molar-refractivity contribution in [3.05, 3.63) is 101 Å². The summed E-state index contributed by atoms with van der Waals surface area (Å²) < 4.78 is 31.9. The largest absolute Gasteiger partial charge is 0.507 e. The number of aryl methyl sites for hydroxylation is 1. The van der Waals surface area contributed by atoms with Crippen LogP contribution in [0.3, 0.4) is 0 Å². The average Bonchev–Trinajstić information content (AvgIpc) is 2.96. The smallest absolute Gasteiger partial charge is 0.355 e. The number of hydrogen-bond donors (Lipinski definition) is 1. The number of carbonyl (C=O) groups is 1. The van der Waals surface area contributed by atoms with Gasteiger partial charge in [-0.3, -0.25) is 4.79 Å². The normalized spacial score (nSPS) is 15.4.